The molecule has 2 aromatic carbocycles. The van der Waals surface area contributed by atoms with Gasteiger partial charge in [0.05, 0.1) is 33.6 Å². The van der Waals surface area contributed by atoms with Crippen molar-refractivity contribution in [3.63, 3.8) is 0 Å². The molecule has 0 heterocycles. The highest BCUT2D eigenvalue weighted by molar-refractivity contribution is 6.42. The van der Waals surface area contributed by atoms with E-state index in [2.05, 4.69) is 10.5 Å². The van der Waals surface area contributed by atoms with Crippen LogP contribution in [-0.4, -0.2) is 6.21 Å². The average Bonchev–Trinajstić information content (AvgIpc) is 2.45. The number of hydrazone groups is 1. The van der Waals surface area contributed by atoms with Crippen molar-refractivity contribution in [2.75, 3.05) is 5.43 Å². The van der Waals surface area contributed by atoms with E-state index in [0.717, 1.165) is 0 Å². The predicted molar refractivity (Wildman–Crippen MR) is 78.8 cm³/mol. The van der Waals surface area contributed by atoms with E-state index in [0.29, 0.717) is 21.3 Å². The molecule has 0 aliphatic carbocycles. The minimum atomic E-state index is -0.455. The number of nitrogens with one attached hydrogen (secondary N) is 1. The summed E-state index contributed by atoms with van der Waals surface area (Å²) in [5.41, 5.74) is 3.90. The second-order valence-electron chi connectivity index (χ2n) is 3.85. The summed E-state index contributed by atoms with van der Waals surface area (Å²) in [6.45, 7) is 0. The number of nitriles is 1. The van der Waals surface area contributed by atoms with Crippen LogP contribution < -0.4 is 5.43 Å². The van der Waals surface area contributed by atoms with Crippen LogP contribution >= 0.6 is 23.2 Å². The van der Waals surface area contributed by atoms with E-state index in [1.807, 2.05) is 6.07 Å². The van der Waals surface area contributed by atoms with Gasteiger partial charge in [-0.1, -0.05) is 23.2 Å². The van der Waals surface area contributed by atoms with Crippen LogP contribution in [0.25, 0.3) is 0 Å². The Balaban J connectivity index is 2.14. The van der Waals surface area contributed by atoms with Crippen molar-refractivity contribution in [1.29, 1.82) is 5.26 Å². The van der Waals surface area contributed by atoms with E-state index in [-0.39, 0.29) is 5.56 Å². The minimum absolute atomic E-state index is 0.219. The Hall–Kier alpha value is -2.09. The maximum atomic E-state index is 13.5. The third kappa shape index (κ3) is 3.47. The summed E-state index contributed by atoms with van der Waals surface area (Å²) in [6, 6.07) is 10.9. The SMILES string of the molecule is N#Cc1ccc(F)c(/C=N/Nc2ccc(Cl)c(Cl)c2)c1. The molecular weight excluding hydrogens is 300 g/mol. The highest BCUT2D eigenvalue weighted by Gasteiger charge is 2.01. The molecule has 0 saturated carbocycles. The maximum Gasteiger partial charge on any atom is 0.132 e. The summed E-state index contributed by atoms with van der Waals surface area (Å²) in [5, 5.41) is 13.5. The summed E-state index contributed by atoms with van der Waals surface area (Å²) in [5.74, 6) is -0.455. The van der Waals surface area contributed by atoms with Crippen molar-refractivity contribution in [3.05, 3.63) is 63.4 Å². The third-order valence-corrected chi connectivity index (χ3v) is 3.18. The summed E-state index contributed by atoms with van der Waals surface area (Å²) in [4.78, 5) is 0. The lowest BCUT2D eigenvalue weighted by atomic mass is 10.1. The van der Waals surface area contributed by atoms with Crippen LogP contribution in [0.4, 0.5) is 10.1 Å². The van der Waals surface area contributed by atoms with Gasteiger partial charge in [-0.3, -0.25) is 5.43 Å². The van der Waals surface area contributed by atoms with E-state index in [9.17, 15) is 4.39 Å². The highest BCUT2D eigenvalue weighted by atomic mass is 35.5. The summed E-state index contributed by atoms with van der Waals surface area (Å²) >= 11 is 11.6. The Morgan fingerprint density at radius 3 is 2.65 bits per heavy atom. The van der Waals surface area contributed by atoms with Crippen molar-refractivity contribution in [1.82, 2.24) is 0 Å². The molecule has 0 aromatic heterocycles. The van der Waals surface area contributed by atoms with Crippen molar-refractivity contribution in [2.45, 2.75) is 0 Å². The van der Waals surface area contributed by atoms with Gasteiger partial charge in [0.15, 0.2) is 0 Å². The molecule has 2 rings (SSSR count). The zero-order valence-electron chi connectivity index (χ0n) is 10.1. The quantitative estimate of drug-likeness (QED) is 0.672. The van der Waals surface area contributed by atoms with Gasteiger partial charge in [-0.05, 0) is 36.4 Å². The smallest absolute Gasteiger partial charge is 0.132 e. The molecule has 0 aliphatic heterocycles. The van der Waals surface area contributed by atoms with Gasteiger partial charge in [0.25, 0.3) is 0 Å². The van der Waals surface area contributed by atoms with Gasteiger partial charge >= 0.3 is 0 Å². The molecule has 0 radical (unpaired) electrons. The molecule has 0 atom stereocenters. The third-order valence-electron chi connectivity index (χ3n) is 2.44. The first-order chi connectivity index (χ1) is 9.60. The Morgan fingerprint density at radius 1 is 1.15 bits per heavy atom. The van der Waals surface area contributed by atoms with Crippen LogP contribution in [0.5, 0.6) is 0 Å². The Morgan fingerprint density at radius 2 is 1.95 bits per heavy atom. The number of anilines is 1. The van der Waals surface area contributed by atoms with Crippen LogP contribution in [0.15, 0.2) is 41.5 Å². The Labute approximate surface area is 125 Å². The molecule has 0 bridgehead atoms. The van der Waals surface area contributed by atoms with Crippen LogP contribution in [0.3, 0.4) is 0 Å². The molecule has 1 N–H and O–H groups in total. The molecule has 0 aliphatic rings. The molecular formula is C14H8Cl2FN3. The van der Waals surface area contributed by atoms with Gasteiger partial charge in [-0.25, -0.2) is 4.39 Å². The molecule has 0 spiro atoms. The van der Waals surface area contributed by atoms with Crippen LogP contribution in [0, 0.1) is 17.1 Å². The van der Waals surface area contributed by atoms with Gasteiger partial charge in [0.1, 0.15) is 5.82 Å². The van der Waals surface area contributed by atoms with Gasteiger partial charge in [-0.15, -0.1) is 0 Å². The lowest BCUT2D eigenvalue weighted by molar-refractivity contribution is 0.626. The van der Waals surface area contributed by atoms with E-state index in [1.165, 1.54) is 24.4 Å². The number of benzene rings is 2. The molecule has 0 amide bonds. The molecule has 3 nitrogen and oxygen atoms in total. The second kappa shape index (κ2) is 6.38. The van der Waals surface area contributed by atoms with Crippen LogP contribution in [-0.2, 0) is 0 Å². The number of hydrogen-bond donors (Lipinski definition) is 1. The fourth-order valence-corrected chi connectivity index (χ4v) is 1.75. The van der Waals surface area contributed by atoms with Gasteiger partial charge in [0, 0.05) is 5.56 Å². The fraction of sp³-hybridized carbons (Fsp3) is 0. The number of rotatable bonds is 3. The highest BCUT2D eigenvalue weighted by Crippen LogP contribution is 2.24. The molecule has 0 fully saturated rings. The first-order valence-corrected chi connectivity index (χ1v) is 6.29. The average molecular weight is 308 g/mol. The Kier molecular flexibility index (Phi) is 4.57. The predicted octanol–water partition coefficient (Wildman–Crippen LogP) is 4.45. The summed E-state index contributed by atoms with van der Waals surface area (Å²) in [6.07, 6.45) is 1.29. The van der Waals surface area contributed by atoms with Crippen molar-refractivity contribution in [3.8, 4) is 6.07 Å². The Bertz CT molecular complexity index is 708. The maximum absolute atomic E-state index is 13.5. The molecule has 0 saturated heterocycles. The monoisotopic (exact) mass is 307 g/mol. The van der Waals surface area contributed by atoms with Gasteiger partial charge in [0.2, 0.25) is 0 Å². The van der Waals surface area contributed by atoms with E-state index in [4.69, 9.17) is 28.5 Å². The molecule has 20 heavy (non-hydrogen) atoms. The first-order valence-electron chi connectivity index (χ1n) is 5.54. The number of halogens is 3. The molecule has 100 valence electrons. The van der Waals surface area contributed by atoms with Gasteiger partial charge < -0.3 is 0 Å². The number of hydrogen-bond acceptors (Lipinski definition) is 3. The zero-order chi connectivity index (χ0) is 14.5. The normalized spacial score (nSPS) is 10.5. The largest absolute Gasteiger partial charge is 0.278 e. The van der Waals surface area contributed by atoms with Crippen LogP contribution in [0.1, 0.15) is 11.1 Å². The minimum Gasteiger partial charge on any atom is -0.278 e. The molecule has 2 aromatic rings. The van der Waals surface area contributed by atoms with Crippen LogP contribution in [0.2, 0.25) is 10.0 Å². The molecule has 0 unspecified atom stereocenters. The van der Waals surface area contributed by atoms with Crippen molar-refractivity contribution in [2.24, 2.45) is 5.10 Å². The van der Waals surface area contributed by atoms with Crippen molar-refractivity contribution >= 4 is 35.1 Å². The van der Waals surface area contributed by atoms with Crippen molar-refractivity contribution < 1.29 is 4.39 Å². The number of nitrogens with zero attached hydrogens (tertiary/aromatic N) is 2. The standard InChI is InChI=1S/C14H8Cl2FN3/c15-12-3-2-11(6-13(12)16)20-19-8-10-5-9(7-18)1-4-14(10)17/h1-6,8,20H/b19-8+. The van der Waals surface area contributed by atoms with E-state index < -0.39 is 5.82 Å². The summed E-state index contributed by atoms with van der Waals surface area (Å²) < 4.78 is 13.5. The lowest BCUT2D eigenvalue weighted by Gasteiger charge is -2.02. The summed E-state index contributed by atoms with van der Waals surface area (Å²) in [7, 11) is 0. The molecule has 6 heteroatoms. The first kappa shape index (κ1) is 14.3. The topological polar surface area (TPSA) is 48.2 Å². The van der Waals surface area contributed by atoms with E-state index in [1.54, 1.807) is 18.2 Å². The zero-order valence-corrected chi connectivity index (χ0v) is 11.6. The second-order valence-corrected chi connectivity index (χ2v) is 4.66. The van der Waals surface area contributed by atoms with E-state index >= 15 is 0 Å². The fourth-order valence-electron chi connectivity index (χ4n) is 1.45. The van der Waals surface area contributed by atoms with Gasteiger partial charge in [-0.2, -0.15) is 10.4 Å². The lowest BCUT2D eigenvalue weighted by Crippen LogP contribution is -1.94.